The van der Waals surface area contributed by atoms with Crippen molar-refractivity contribution in [2.45, 2.75) is 6.61 Å². The number of nitriles is 1. The van der Waals surface area contributed by atoms with Gasteiger partial charge in [0.2, 0.25) is 0 Å². The van der Waals surface area contributed by atoms with Gasteiger partial charge < -0.3 is 10.5 Å². The Hall–Kier alpha value is -2.94. The Morgan fingerprint density at radius 3 is 2.62 bits per heavy atom. The Kier molecular flexibility index (Phi) is 4.14. The molecule has 0 aromatic heterocycles. The first-order chi connectivity index (χ1) is 10.0. The van der Waals surface area contributed by atoms with E-state index >= 15 is 0 Å². The third-order valence-corrected chi connectivity index (χ3v) is 2.82. The number of primary amides is 1. The highest BCUT2D eigenvalue weighted by molar-refractivity contribution is 6.04. The monoisotopic (exact) mass is 288 g/mol. The van der Waals surface area contributed by atoms with Crippen LogP contribution in [0.2, 0.25) is 0 Å². The number of nitrogens with zero attached hydrogens (tertiary/aromatic N) is 1. The number of hydrogen-bond acceptors (Lipinski definition) is 3. The Bertz CT molecular complexity index is 764. The highest BCUT2D eigenvalue weighted by atomic mass is 19.3. The zero-order chi connectivity index (χ0) is 15.4. The lowest BCUT2D eigenvalue weighted by molar-refractivity contribution is -0.114. The largest absolute Gasteiger partial charge is 0.434 e. The van der Waals surface area contributed by atoms with Gasteiger partial charge in [-0.25, -0.2) is 0 Å². The zero-order valence-corrected chi connectivity index (χ0v) is 10.7. The molecular formula is C15H10F2N2O2. The quantitative estimate of drug-likeness (QED) is 0.694. The van der Waals surface area contributed by atoms with Gasteiger partial charge in [0.25, 0.3) is 5.91 Å². The van der Waals surface area contributed by atoms with Gasteiger partial charge in [-0.15, -0.1) is 0 Å². The standard InChI is InChI=1S/C15H10F2N2O2/c16-15(17)21-13-6-5-9-3-1-2-4-11(9)12(13)7-10(8-18)14(19)20/h1-7,15H,(H2,19,20)/b10-7+. The Morgan fingerprint density at radius 2 is 2.00 bits per heavy atom. The molecule has 0 saturated carbocycles. The molecule has 1 amide bonds. The number of hydrogen-bond donors (Lipinski definition) is 1. The molecule has 0 spiro atoms. The number of benzene rings is 2. The maximum atomic E-state index is 12.5. The van der Waals surface area contributed by atoms with E-state index < -0.39 is 12.5 Å². The number of carbonyl (C=O) groups excluding carboxylic acids is 1. The van der Waals surface area contributed by atoms with E-state index in [1.165, 1.54) is 6.07 Å². The van der Waals surface area contributed by atoms with Crippen molar-refractivity contribution in [1.82, 2.24) is 0 Å². The van der Waals surface area contributed by atoms with Crippen LogP contribution in [0.1, 0.15) is 5.56 Å². The first kappa shape index (κ1) is 14.5. The van der Waals surface area contributed by atoms with Crippen molar-refractivity contribution < 1.29 is 18.3 Å². The molecule has 4 nitrogen and oxygen atoms in total. The molecule has 0 aliphatic heterocycles. The van der Waals surface area contributed by atoms with Crippen LogP contribution in [0.15, 0.2) is 42.0 Å². The molecule has 0 saturated heterocycles. The summed E-state index contributed by atoms with van der Waals surface area (Å²) in [6, 6.07) is 11.5. The lowest BCUT2D eigenvalue weighted by Crippen LogP contribution is -2.12. The van der Waals surface area contributed by atoms with Crippen LogP contribution in [0.3, 0.4) is 0 Å². The number of amides is 1. The van der Waals surface area contributed by atoms with Gasteiger partial charge in [0.05, 0.1) is 0 Å². The summed E-state index contributed by atoms with van der Waals surface area (Å²) in [6.07, 6.45) is 1.16. The van der Waals surface area contributed by atoms with E-state index in [0.29, 0.717) is 5.39 Å². The predicted octanol–water partition coefficient (Wildman–Crippen LogP) is 2.83. The summed E-state index contributed by atoms with van der Waals surface area (Å²) in [4.78, 5) is 11.1. The van der Waals surface area contributed by atoms with Gasteiger partial charge in [-0.2, -0.15) is 14.0 Å². The van der Waals surface area contributed by atoms with E-state index in [1.807, 2.05) is 0 Å². The van der Waals surface area contributed by atoms with Crippen molar-refractivity contribution in [3.63, 3.8) is 0 Å². The van der Waals surface area contributed by atoms with E-state index in [0.717, 1.165) is 11.5 Å². The molecule has 21 heavy (non-hydrogen) atoms. The molecule has 2 aromatic carbocycles. The number of halogens is 2. The molecule has 6 heteroatoms. The van der Waals surface area contributed by atoms with Crippen molar-refractivity contribution in [3.8, 4) is 11.8 Å². The second kappa shape index (κ2) is 6.01. The van der Waals surface area contributed by atoms with E-state index in [9.17, 15) is 13.6 Å². The lowest BCUT2D eigenvalue weighted by atomic mass is 10.0. The second-order valence-corrected chi connectivity index (χ2v) is 4.11. The third-order valence-electron chi connectivity index (χ3n) is 2.82. The van der Waals surface area contributed by atoms with E-state index in [1.54, 1.807) is 36.4 Å². The average molecular weight is 288 g/mol. The molecule has 2 N–H and O–H groups in total. The maximum Gasteiger partial charge on any atom is 0.387 e. The highest BCUT2D eigenvalue weighted by Crippen LogP contribution is 2.31. The van der Waals surface area contributed by atoms with Crippen LogP contribution in [-0.4, -0.2) is 12.5 Å². The molecule has 0 radical (unpaired) electrons. The number of fused-ring (bicyclic) bond motifs is 1. The number of nitrogens with two attached hydrogens (primary N) is 1. The summed E-state index contributed by atoms with van der Waals surface area (Å²) in [5.74, 6) is -1.06. The van der Waals surface area contributed by atoms with Gasteiger partial charge in [0.15, 0.2) is 0 Å². The molecule has 0 fully saturated rings. The van der Waals surface area contributed by atoms with Crippen molar-refractivity contribution >= 4 is 22.8 Å². The molecule has 0 bridgehead atoms. The number of rotatable bonds is 4. The molecule has 0 aliphatic rings. The molecule has 0 aliphatic carbocycles. The maximum absolute atomic E-state index is 12.5. The van der Waals surface area contributed by atoms with Gasteiger partial charge in [0.1, 0.15) is 17.4 Å². The normalized spacial score (nSPS) is 11.4. The first-order valence-corrected chi connectivity index (χ1v) is 5.91. The van der Waals surface area contributed by atoms with E-state index in [4.69, 9.17) is 11.0 Å². The highest BCUT2D eigenvalue weighted by Gasteiger charge is 2.13. The minimum absolute atomic E-state index is 0.127. The van der Waals surface area contributed by atoms with Crippen LogP contribution in [-0.2, 0) is 4.79 Å². The van der Waals surface area contributed by atoms with Gasteiger partial charge >= 0.3 is 6.61 Å². The SMILES string of the molecule is N#C/C(=C\c1c(OC(F)F)ccc2ccccc12)C(N)=O. The van der Waals surface area contributed by atoms with Crippen molar-refractivity contribution in [2.24, 2.45) is 5.73 Å². The predicted molar refractivity (Wildman–Crippen MR) is 73.4 cm³/mol. The molecule has 0 heterocycles. The average Bonchev–Trinajstić information content (AvgIpc) is 2.45. The summed E-state index contributed by atoms with van der Waals surface area (Å²) in [5.41, 5.74) is 4.94. The van der Waals surface area contributed by atoms with Crippen LogP contribution in [0, 0.1) is 11.3 Å². The zero-order valence-electron chi connectivity index (χ0n) is 10.7. The first-order valence-electron chi connectivity index (χ1n) is 5.91. The summed E-state index contributed by atoms with van der Waals surface area (Å²) in [7, 11) is 0. The third kappa shape index (κ3) is 3.15. The summed E-state index contributed by atoms with van der Waals surface area (Å²) >= 11 is 0. The van der Waals surface area contributed by atoms with Crippen LogP contribution in [0.5, 0.6) is 5.75 Å². The van der Waals surface area contributed by atoms with Crippen LogP contribution < -0.4 is 10.5 Å². The van der Waals surface area contributed by atoms with E-state index in [2.05, 4.69) is 4.74 Å². The van der Waals surface area contributed by atoms with Crippen LogP contribution in [0.4, 0.5) is 8.78 Å². The summed E-state index contributed by atoms with van der Waals surface area (Å²) in [5, 5.41) is 10.2. The van der Waals surface area contributed by atoms with Crippen molar-refractivity contribution in [2.75, 3.05) is 0 Å². The molecule has 2 rings (SSSR count). The van der Waals surface area contributed by atoms with Crippen molar-refractivity contribution in [3.05, 3.63) is 47.5 Å². The Labute approximate surface area is 119 Å². The van der Waals surface area contributed by atoms with Gasteiger partial charge in [0, 0.05) is 5.56 Å². The topological polar surface area (TPSA) is 76.1 Å². The fourth-order valence-corrected chi connectivity index (χ4v) is 1.93. The summed E-state index contributed by atoms with van der Waals surface area (Å²) < 4.78 is 29.4. The Morgan fingerprint density at radius 1 is 1.29 bits per heavy atom. The van der Waals surface area contributed by atoms with E-state index in [-0.39, 0.29) is 16.9 Å². The molecule has 0 atom stereocenters. The molecular weight excluding hydrogens is 278 g/mol. The number of carbonyl (C=O) groups is 1. The minimum atomic E-state index is -3.02. The van der Waals surface area contributed by atoms with Crippen LogP contribution in [0.25, 0.3) is 16.8 Å². The van der Waals surface area contributed by atoms with Crippen molar-refractivity contribution in [1.29, 1.82) is 5.26 Å². The second-order valence-electron chi connectivity index (χ2n) is 4.11. The smallest absolute Gasteiger partial charge is 0.387 e. The Balaban J connectivity index is 2.72. The summed E-state index contributed by atoms with van der Waals surface area (Å²) in [6.45, 7) is -3.02. The fourth-order valence-electron chi connectivity index (χ4n) is 1.93. The molecule has 106 valence electrons. The van der Waals surface area contributed by atoms with Gasteiger partial charge in [-0.1, -0.05) is 30.3 Å². The van der Waals surface area contributed by atoms with Gasteiger partial charge in [-0.05, 0) is 22.9 Å². The van der Waals surface area contributed by atoms with Crippen LogP contribution >= 0.6 is 0 Å². The van der Waals surface area contributed by atoms with Gasteiger partial charge in [-0.3, -0.25) is 4.79 Å². The minimum Gasteiger partial charge on any atom is -0.434 e. The fraction of sp³-hybridized carbons (Fsp3) is 0.0667. The lowest BCUT2D eigenvalue weighted by Gasteiger charge is -2.11. The number of ether oxygens (including phenoxy) is 1. The molecule has 2 aromatic rings. The molecule has 0 unspecified atom stereocenters. The number of alkyl halides is 2.